The number of rotatable bonds is 0. The fraction of sp³-hybridized carbons (Fsp3) is 0.125. The first kappa shape index (κ1) is 6.97. The minimum Gasteiger partial charge on any atom is -0.294 e. The third-order valence-corrected chi connectivity index (χ3v) is 1.77. The maximum Gasteiger partial charge on any atom is 0.239 e. The molecule has 0 aromatic rings. The fourth-order valence-electron chi connectivity index (χ4n) is 1.21. The molecule has 1 unspecified atom stereocenters. The van der Waals surface area contributed by atoms with Crippen molar-refractivity contribution in [2.45, 2.75) is 0 Å². The lowest BCUT2D eigenvalue weighted by Gasteiger charge is -2.19. The molecule has 2 rings (SSSR count). The van der Waals surface area contributed by atoms with Crippen molar-refractivity contribution in [2.75, 3.05) is 0 Å². The number of fused-ring (bicyclic) bond motifs is 1. The molecule has 0 aromatic heterocycles. The van der Waals surface area contributed by atoms with Crippen LogP contribution in [0.25, 0.3) is 0 Å². The molecule has 1 aliphatic heterocycles. The molecule has 0 spiro atoms. The van der Waals surface area contributed by atoms with Crippen molar-refractivity contribution in [1.82, 2.24) is 5.32 Å². The van der Waals surface area contributed by atoms with E-state index in [1.165, 1.54) is 0 Å². The minimum absolute atomic E-state index is 0.0776. The Hall–Kier alpha value is -1.71. The smallest absolute Gasteiger partial charge is 0.239 e. The molecular formula is C8H7N3O. The zero-order chi connectivity index (χ0) is 8.55. The van der Waals surface area contributed by atoms with Gasteiger partial charge >= 0.3 is 0 Å². The zero-order valence-corrected chi connectivity index (χ0v) is 6.24. The Kier molecular flexibility index (Phi) is 1.40. The number of nitrogens with one attached hydrogen (secondary N) is 2. The number of guanidine groups is 1. The molecule has 0 saturated carbocycles. The Morgan fingerprint density at radius 3 is 3.17 bits per heavy atom. The average molecular weight is 161 g/mol. The number of hydrogen-bond donors (Lipinski definition) is 2. The van der Waals surface area contributed by atoms with Crippen LogP contribution in [0.15, 0.2) is 29.3 Å². The minimum atomic E-state index is -0.302. The van der Waals surface area contributed by atoms with Gasteiger partial charge in [0.2, 0.25) is 11.9 Å². The van der Waals surface area contributed by atoms with Gasteiger partial charge in [0.25, 0.3) is 0 Å². The van der Waals surface area contributed by atoms with Crippen molar-refractivity contribution >= 4 is 17.6 Å². The normalized spacial score (nSPS) is 26.3. The van der Waals surface area contributed by atoms with Crippen molar-refractivity contribution in [2.24, 2.45) is 10.9 Å². The lowest BCUT2D eigenvalue weighted by atomic mass is 9.96. The number of aliphatic imine (C=N–C) groups is 1. The number of carbonyl (C=O) groups is 1. The van der Waals surface area contributed by atoms with Crippen LogP contribution in [0, 0.1) is 11.3 Å². The van der Waals surface area contributed by atoms with Gasteiger partial charge in [-0.15, -0.1) is 0 Å². The first-order valence-corrected chi connectivity index (χ1v) is 3.60. The van der Waals surface area contributed by atoms with Gasteiger partial charge in [-0.2, -0.15) is 0 Å². The summed E-state index contributed by atoms with van der Waals surface area (Å²) in [6, 6.07) is 0. The summed E-state index contributed by atoms with van der Waals surface area (Å²) in [6.45, 7) is 0. The number of amides is 1. The van der Waals surface area contributed by atoms with Crippen molar-refractivity contribution in [1.29, 1.82) is 5.41 Å². The molecule has 2 N–H and O–H groups in total. The van der Waals surface area contributed by atoms with E-state index < -0.39 is 0 Å². The lowest BCUT2D eigenvalue weighted by molar-refractivity contribution is -0.120. The predicted molar refractivity (Wildman–Crippen MR) is 45.1 cm³/mol. The van der Waals surface area contributed by atoms with Crippen LogP contribution in [-0.2, 0) is 4.79 Å². The molecule has 2 aliphatic rings. The Labute approximate surface area is 69.2 Å². The highest BCUT2D eigenvalue weighted by atomic mass is 16.2. The summed E-state index contributed by atoms with van der Waals surface area (Å²) in [6.07, 6.45) is 7.12. The van der Waals surface area contributed by atoms with E-state index in [1.54, 1.807) is 24.3 Å². The van der Waals surface area contributed by atoms with Gasteiger partial charge in [0.1, 0.15) is 0 Å². The summed E-state index contributed by atoms with van der Waals surface area (Å²) >= 11 is 0. The molecule has 0 saturated heterocycles. The summed E-state index contributed by atoms with van der Waals surface area (Å²) in [5.41, 5.74) is 0.645. The molecule has 4 heteroatoms. The van der Waals surface area contributed by atoms with Gasteiger partial charge in [0.05, 0.1) is 11.6 Å². The van der Waals surface area contributed by atoms with Crippen molar-refractivity contribution in [3.63, 3.8) is 0 Å². The summed E-state index contributed by atoms with van der Waals surface area (Å²) in [4.78, 5) is 15.1. The average Bonchev–Trinajstić information content (AvgIpc) is 2.04. The molecule has 1 aliphatic carbocycles. The van der Waals surface area contributed by atoms with E-state index >= 15 is 0 Å². The first-order chi connectivity index (χ1) is 5.77. The highest BCUT2D eigenvalue weighted by Gasteiger charge is 2.26. The molecule has 0 aromatic carbocycles. The van der Waals surface area contributed by atoms with Crippen molar-refractivity contribution < 1.29 is 4.79 Å². The van der Waals surface area contributed by atoms with E-state index in [1.807, 2.05) is 0 Å². The van der Waals surface area contributed by atoms with Gasteiger partial charge in [-0.3, -0.25) is 15.5 Å². The summed E-state index contributed by atoms with van der Waals surface area (Å²) in [5.74, 6) is -0.555. The topological polar surface area (TPSA) is 65.3 Å². The number of carbonyl (C=O) groups excluding carboxylic acids is 1. The van der Waals surface area contributed by atoms with E-state index in [9.17, 15) is 4.79 Å². The highest BCUT2D eigenvalue weighted by molar-refractivity contribution is 6.22. The molecule has 12 heavy (non-hydrogen) atoms. The Morgan fingerprint density at radius 1 is 1.50 bits per heavy atom. The summed E-state index contributed by atoms with van der Waals surface area (Å²) in [7, 11) is 0. The van der Waals surface area contributed by atoms with Gasteiger partial charge in [0.15, 0.2) is 0 Å². The molecule has 0 radical (unpaired) electrons. The fourth-order valence-corrected chi connectivity index (χ4v) is 1.21. The third kappa shape index (κ3) is 0.972. The lowest BCUT2D eigenvalue weighted by Crippen LogP contribution is -2.42. The molecule has 60 valence electrons. The van der Waals surface area contributed by atoms with E-state index in [0.717, 1.165) is 0 Å². The quantitative estimate of drug-likeness (QED) is 0.525. The van der Waals surface area contributed by atoms with E-state index in [2.05, 4.69) is 10.3 Å². The van der Waals surface area contributed by atoms with Crippen LogP contribution < -0.4 is 5.32 Å². The van der Waals surface area contributed by atoms with Crippen LogP contribution in [0.4, 0.5) is 0 Å². The molecular weight excluding hydrogens is 154 g/mol. The van der Waals surface area contributed by atoms with Gasteiger partial charge in [-0.1, -0.05) is 18.2 Å². The highest BCUT2D eigenvalue weighted by Crippen LogP contribution is 2.12. The van der Waals surface area contributed by atoms with Gasteiger partial charge in [-0.25, -0.2) is 4.99 Å². The van der Waals surface area contributed by atoms with E-state index in [4.69, 9.17) is 5.41 Å². The molecule has 1 amide bonds. The molecule has 0 fully saturated rings. The Bertz CT molecular complexity index is 338. The van der Waals surface area contributed by atoms with E-state index in [-0.39, 0.29) is 17.8 Å². The Morgan fingerprint density at radius 2 is 2.33 bits per heavy atom. The maximum atomic E-state index is 11.2. The van der Waals surface area contributed by atoms with Crippen LogP contribution in [0.5, 0.6) is 0 Å². The van der Waals surface area contributed by atoms with Crippen LogP contribution in [-0.4, -0.2) is 17.6 Å². The maximum absolute atomic E-state index is 11.2. The molecule has 0 bridgehead atoms. The summed E-state index contributed by atoms with van der Waals surface area (Å²) < 4.78 is 0. The second-order valence-electron chi connectivity index (χ2n) is 2.60. The van der Waals surface area contributed by atoms with Gasteiger partial charge in [-0.05, 0) is 6.08 Å². The summed E-state index contributed by atoms with van der Waals surface area (Å²) in [5, 5.41) is 9.51. The first-order valence-electron chi connectivity index (χ1n) is 3.60. The van der Waals surface area contributed by atoms with Crippen LogP contribution in [0.2, 0.25) is 0 Å². The van der Waals surface area contributed by atoms with Crippen LogP contribution in [0.3, 0.4) is 0 Å². The number of allylic oxidation sites excluding steroid dienone is 3. The largest absolute Gasteiger partial charge is 0.294 e. The molecule has 4 nitrogen and oxygen atoms in total. The third-order valence-electron chi connectivity index (χ3n) is 1.77. The van der Waals surface area contributed by atoms with Gasteiger partial charge in [0, 0.05) is 0 Å². The second kappa shape index (κ2) is 2.41. The van der Waals surface area contributed by atoms with Crippen molar-refractivity contribution in [3.8, 4) is 0 Å². The zero-order valence-electron chi connectivity index (χ0n) is 6.24. The predicted octanol–water partition coefficient (Wildman–Crippen LogP) is 0.234. The molecule has 1 heterocycles. The second-order valence-corrected chi connectivity index (χ2v) is 2.60. The monoisotopic (exact) mass is 161 g/mol. The van der Waals surface area contributed by atoms with Crippen LogP contribution >= 0.6 is 0 Å². The van der Waals surface area contributed by atoms with E-state index in [0.29, 0.717) is 5.71 Å². The van der Waals surface area contributed by atoms with Gasteiger partial charge < -0.3 is 0 Å². The molecule has 1 atom stereocenters. The standard InChI is InChI=1S/C8H7N3O/c9-8-10-6-4-2-1-3-5(6)7(12)11-8/h1-5H,(H2,9,11,12). The Balaban J connectivity index is 2.43. The van der Waals surface area contributed by atoms with Crippen molar-refractivity contribution in [3.05, 3.63) is 24.3 Å². The SMILES string of the molecule is N=C1N=C2C=CC=CC2C(=O)N1. The number of hydrogen-bond acceptors (Lipinski definition) is 2. The van der Waals surface area contributed by atoms with Crippen LogP contribution in [0.1, 0.15) is 0 Å². The number of nitrogens with zero attached hydrogens (tertiary/aromatic N) is 1.